The van der Waals surface area contributed by atoms with Gasteiger partial charge in [0.05, 0.1) is 6.61 Å². The van der Waals surface area contributed by atoms with E-state index in [1.54, 1.807) is 46.9 Å². The molecule has 1 amide bonds. The molecule has 11 heteroatoms. The molecule has 3 N–H and O–H groups in total. The summed E-state index contributed by atoms with van der Waals surface area (Å²) in [7, 11) is 1.61. The number of alkyl carbamates (subject to hydrolysis) is 1. The Labute approximate surface area is 193 Å². The Hall–Kier alpha value is -2.05. The molecule has 172 valence electrons. The Kier molecular flexibility index (Phi) is 13.1. The van der Waals surface area contributed by atoms with E-state index in [0.29, 0.717) is 32.2 Å². The van der Waals surface area contributed by atoms with Gasteiger partial charge in [0.1, 0.15) is 5.60 Å². The molecule has 0 aliphatic carbocycles. The van der Waals surface area contributed by atoms with Crippen LogP contribution >= 0.6 is 24.0 Å². The fraction of sp³-hybridized carbons (Fsp3) is 0.579. The first-order chi connectivity index (χ1) is 13.6. The van der Waals surface area contributed by atoms with Gasteiger partial charge in [-0.15, -0.1) is 24.0 Å². The van der Waals surface area contributed by atoms with Crippen molar-refractivity contribution in [3.63, 3.8) is 0 Å². The number of halogens is 3. The third kappa shape index (κ3) is 11.8. The Morgan fingerprint density at radius 1 is 1.13 bits per heavy atom. The minimum absolute atomic E-state index is 0. The second kappa shape index (κ2) is 14.0. The van der Waals surface area contributed by atoms with Gasteiger partial charge in [0, 0.05) is 26.7 Å². The number of carbonyl (C=O) groups excluding carboxylic acids is 1. The van der Waals surface area contributed by atoms with Crippen LogP contribution in [0.4, 0.5) is 13.6 Å². The molecule has 0 aromatic heterocycles. The Morgan fingerprint density at radius 2 is 1.80 bits per heavy atom. The summed E-state index contributed by atoms with van der Waals surface area (Å²) in [6, 6.07) is 4.73. The van der Waals surface area contributed by atoms with Gasteiger partial charge in [0.15, 0.2) is 17.5 Å². The van der Waals surface area contributed by atoms with Crippen molar-refractivity contribution in [3.8, 4) is 11.5 Å². The van der Waals surface area contributed by atoms with Gasteiger partial charge in [-0.3, -0.25) is 4.99 Å². The van der Waals surface area contributed by atoms with Crippen LogP contribution in [0.25, 0.3) is 0 Å². The molecule has 1 rings (SSSR count). The molecule has 0 fully saturated rings. The second-order valence-corrected chi connectivity index (χ2v) is 6.87. The van der Waals surface area contributed by atoms with Crippen molar-refractivity contribution in [2.75, 3.05) is 26.7 Å². The van der Waals surface area contributed by atoms with Gasteiger partial charge >= 0.3 is 12.7 Å². The highest BCUT2D eigenvalue weighted by atomic mass is 127. The van der Waals surface area contributed by atoms with Crippen LogP contribution < -0.4 is 25.4 Å². The first kappa shape index (κ1) is 27.9. The first-order valence-electron chi connectivity index (χ1n) is 9.26. The molecule has 1 aromatic carbocycles. The third-order valence-corrected chi connectivity index (χ3v) is 3.29. The molecule has 1 aromatic rings. The maximum absolute atomic E-state index is 12.5. The summed E-state index contributed by atoms with van der Waals surface area (Å²) in [6.45, 7) is 5.70. The topological polar surface area (TPSA) is 93.2 Å². The number of nitrogens with zero attached hydrogens (tertiary/aromatic N) is 1. The highest BCUT2D eigenvalue weighted by Gasteiger charge is 2.15. The summed E-state index contributed by atoms with van der Waals surface area (Å²) in [5.41, 5.74) is 0.246. The summed E-state index contributed by atoms with van der Waals surface area (Å²) in [5, 5.41) is 8.78. The number of carbonyl (C=O) groups is 1. The molecular formula is C19H31F2IN4O4. The van der Waals surface area contributed by atoms with Crippen LogP contribution in [0.15, 0.2) is 23.2 Å². The number of hydrogen-bond acceptors (Lipinski definition) is 5. The van der Waals surface area contributed by atoms with E-state index in [-0.39, 0.29) is 35.5 Å². The molecule has 0 bridgehead atoms. The standard InChI is InChI=1S/C19H30F2N4O4.HI/c1-6-27-15-11-13(7-8-14(15)28-16(20)21)12-25-17(22-5)23-9-10-24-18(26)29-19(2,3)4;/h7-8,11,16H,6,9-10,12H2,1-5H3,(H,24,26)(H2,22,23,25);1H. The van der Waals surface area contributed by atoms with Gasteiger partial charge in [-0.25, -0.2) is 4.79 Å². The molecule has 0 saturated carbocycles. The van der Waals surface area contributed by atoms with Crippen LogP contribution in [0, 0.1) is 0 Å². The van der Waals surface area contributed by atoms with E-state index in [1.807, 2.05) is 0 Å². The SMILES string of the molecule is CCOc1cc(CNC(=NC)NCCNC(=O)OC(C)(C)C)ccc1OC(F)F.I. The van der Waals surface area contributed by atoms with Crippen molar-refractivity contribution in [2.24, 2.45) is 4.99 Å². The third-order valence-electron chi connectivity index (χ3n) is 3.29. The molecule has 30 heavy (non-hydrogen) atoms. The number of ether oxygens (including phenoxy) is 3. The predicted octanol–water partition coefficient (Wildman–Crippen LogP) is 3.49. The molecule has 0 unspecified atom stereocenters. The summed E-state index contributed by atoms with van der Waals surface area (Å²) in [6.07, 6.45) is -0.489. The zero-order chi connectivity index (χ0) is 21.9. The zero-order valence-electron chi connectivity index (χ0n) is 17.9. The first-order valence-corrected chi connectivity index (χ1v) is 9.26. The number of guanidine groups is 1. The van der Waals surface area contributed by atoms with Crippen molar-refractivity contribution >= 4 is 36.0 Å². The normalized spacial score (nSPS) is 11.4. The Balaban J connectivity index is 0.00000841. The molecule has 0 spiro atoms. The van der Waals surface area contributed by atoms with E-state index >= 15 is 0 Å². The molecule has 0 aliphatic heterocycles. The molecule has 0 saturated heterocycles. The molecule has 0 radical (unpaired) electrons. The lowest BCUT2D eigenvalue weighted by Crippen LogP contribution is -2.42. The van der Waals surface area contributed by atoms with Gasteiger partial charge in [0.2, 0.25) is 0 Å². The fourth-order valence-electron chi connectivity index (χ4n) is 2.19. The van der Waals surface area contributed by atoms with Gasteiger partial charge in [-0.05, 0) is 45.4 Å². The average Bonchev–Trinajstić information content (AvgIpc) is 2.61. The summed E-state index contributed by atoms with van der Waals surface area (Å²) in [4.78, 5) is 15.7. The lowest BCUT2D eigenvalue weighted by molar-refractivity contribution is -0.0514. The van der Waals surface area contributed by atoms with Crippen LogP contribution in [0.1, 0.15) is 33.3 Å². The average molecular weight is 544 g/mol. The highest BCUT2D eigenvalue weighted by Crippen LogP contribution is 2.29. The fourth-order valence-corrected chi connectivity index (χ4v) is 2.19. The molecule has 0 atom stereocenters. The van der Waals surface area contributed by atoms with Gasteiger partial charge in [-0.2, -0.15) is 8.78 Å². The lowest BCUT2D eigenvalue weighted by atomic mass is 10.2. The predicted molar refractivity (Wildman–Crippen MR) is 122 cm³/mol. The van der Waals surface area contributed by atoms with Gasteiger partial charge in [0.25, 0.3) is 0 Å². The van der Waals surface area contributed by atoms with Crippen molar-refractivity contribution in [1.82, 2.24) is 16.0 Å². The van der Waals surface area contributed by atoms with Crippen LogP contribution in [0.3, 0.4) is 0 Å². The number of benzene rings is 1. The second-order valence-electron chi connectivity index (χ2n) is 6.87. The number of hydrogen-bond donors (Lipinski definition) is 3. The smallest absolute Gasteiger partial charge is 0.407 e. The Bertz CT molecular complexity index is 685. The monoisotopic (exact) mass is 544 g/mol. The van der Waals surface area contributed by atoms with Gasteiger partial charge in [-0.1, -0.05) is 6.07 Å². The highest BCUT2D eigenvalue weighted by molar-refractivity contribution is 14.0. The number of amides is 1. The van der Waals surface area contributed by atoms with Crippen molar-refractivity contribution < 1.29 is 27.8 Å². The number of nitrogens with one attached hydrogen (secondary N) is 3. The van der Waals surface area contributed by atoms with Gasteiger partial charge < -0.3 is 30.2 Å². The molecule has 0 aliphatic rings. The molecule has 8 nitrogen and oxygen atoms in total. The van der Waals surface area contributed by atoms with Crippen LogP contribution in [0.5, 0.6) is 11.5 Å². The van der Waals surface area contributed by atoms with E-state index in [2.05, 4.69) is 25.7 Å². The van der Waals surface area contributed by atoms with E-state index in [9.17, 15) is 13.6 Å². The van der Waals surface area contributed by atoms with Crippen LogP contribution in [-0.2, 0) is 11.3 Å². The van der Waals surface area contributed by atoms with E-state index in [1.165, 1.54) is 6.07 Å². The quantitative estimate of drug-likeness (QED) is 0.191. The number of aliphatic imine (C=N–C) groups is 1. The maximum Gasteiger partial charge on any atom is 0.407 e. The number of rotatable bonds is 9. The van der Waals surface area contributed by atoms with E-state index in [4.69, 9.17) is 9.47 Å². The van der Waals surface area contributed by atoms with Crippen molar-refractivity contribution in [2.45, 2.75) is 46.5 Å². The summed E-state index contributed by atoms with van der Waals surface area (Å²) in [5.74, 6) is 0.750. The molecule has 0 heterocycles. The minimum Gasteiger partial charge on any atom is -0.490 e. The van der Waals surface area contributed by atoms with E-state index in [0.717, 1.165) is 5.56 Å². The maximum atomic E-state index is 12.5. The summed E-state index contributed by atoms with van der Waals surface area (Å²) >= 11 is 0. The molecular weight excluding hydrogens is 513 g/mol. The largest absolute Gasteiger partial charge is 0.490 e. The van der Waals surface area contributed by atoms with Crippen molar-refractivity contribution in [3.05, 3.63) is 23.8 Å². The van der Waals surface area contributed by atoms with Crippen LogP contribution in [-0.4, -0.2) is 51.0 Å². The van der Waals surface area contributed by atoms with Crippen molar-refractivity contribution in [1.29, 1.82) is 0 Å². The minimum atomic E-state index is -2.92. The van der Waals surface area contributed by atoms with E-state index < -0.39 is 18.3 Å². The van der Waals surface area contributed by atoms with Crippen LogP contribution in [0.2, 0.25) is 0 Å². The zero-order valence-corrected chi connectivity index (χ0v) is 20.2. The Morgan fingerprint density at radius 3 is 2.37 bits per heavy atom. The number of alkyl halides is 2. The summed E-state index contributed by atoms with van der Waals surface area (Å²) < 4.78 is 39.9. The lowest BCUT2D eigenvalue weighted by Gasteiger charge is -2.20.